The molecule has 0 unspecified atom stereocenters. The van der Waals surface area contributed by atoms with Gasteiger partial charge in [0, 0.05) is 6.08 Å². The molecule has 3 nitrogen and oxygen atoms in total. The van der Waals surface area contributed by atoms with Crippen LogP contribution >= 0.6 is 0 Å². The quantitative estimate of drug-likeness (QED) is 0.380. The van der Waals surface area contributed by atoms with Gasteiger partial charge in [0.25, 0.3) is 0 Å². The molecule has 1 aliphatic rings. The zero-order chi connectivity index (χ0) is 6.69. The van der Waals surface area contributed by atoms with E-state index in [0.29, 0.717) is 0 Å². The monoisotopic (exact) mass is 126 g/mol. The number of aliphatic hydroxyl groups excluding tert-OH is 1. The van der Waals surface area contributed by atoms with Crippen molar-refractivity contribution in [2.45, 2.75) is 0 Å². The van der Waals surface area contributed by atoms with Gasteiger partial charge >= 0.3 is 0 Å². The Bertz CT molecular complexity index is 179. The summed E-state index contributed by atoms with van der Waals surface area (Å²) in [7, 11) is 0. The minimum absolute atomic E-state index is 0.172. The predicted octanol–water partition coefficient (Wildman–Crippen LogP) is 0.541. The van der Waals surface area contributed by atoms with Crippen LogP contribution in [0, 0.1) is 0 Å². The molecule has 0 saturated heterocycles. The van der Waals surface area contributed by atoms with E-state index in [2.05, 4.69) is 0 Å². The van der Waals surface area contributed by atoms with Gasteiger partial charge in [-0.05, 0) is 0 Å². The highest BCUT2D eigenvalue weighted by atomic mass is 16.5. The van der Waals surface area contributed by atoms with Crippen molar-refractivity contribution in [1.29, 1.82) is 0 Å². The molecule has 1 aliphatic heterocycles. The van der Waals surface area contributed by atoms with Crippen molar-refractivity contribution in [2.75, 3.05) is 6.61 Å². The number of aliphatic hydroxyl groups is 1. The maximum absolute atomic E-state index is 10.6. The molecule has 0 radical (unpaired) electrons. The number of carbonyl (C=O) groups is 1. The molecule has 9 heavy (non-hydrogen) atoms. The Morgan fingerprint density at radius 2 is 2.56 bits per heavy atom. The Balaban J connectivity index is 2.78. The second-order valence-electron chi connectivity index (χ2n) is 1.63. The number of rotatable bonds is 0. The SMILES string of the molecule is O=C1C=COCC1=CO. The highest BCUT2D eigenvalue weighted by molar-refractivity contribution is 6.04. The summed E-state index contributed by atoms with van der Waals surface area (Å²) in [5.41, 5.74) is 0.289. The van der Waals surface area contributed by atoms with Gasteiger partial charge in [-0.25, -0.2) is 0 Å². The second kappa shape index (κ2) is 2.35. The molecule has 0 amide bonds. The van der Waals surface area contributed by atoms with Gasteiger partial charge in [-0.3, -0.25) is 4.79 Å². The molecule has 1 heterocycles. The van der Waals surface area contributed by atoms with Crippen LogP contribution in [0.1, 0.15) is 0 Å². The van der Waals surface area contributed by atoms with Gasteiger partial charge in [-0.2, -0.15) is 0 Å². The molecular weight excluding hydrogens is 120 g/mol. The van der Waals surface area contributed by atoms with E-state index in [1.807, 2.05) is 0 Å². The lowest BCUT2D eigenvalue weighted by Gasteiger charge is -2.05. The van der Waals surface area contributed by atoms with Crippen LogP contribution in [0.4, 0.5) is 0 Å². The molecule has 48 valence electrons. The molecular formula is C6H6O3. The first-order chi connectivity index (χ1) is 4.34. The molecule has 1 rings (SSSR count). The number of ketones is 1. The maximum Gasteiger partial charge on any atom is 0.191 e. The lowest BCUT2D eigenvalue weighted by molar-refractivity contribution is -0.112. The Labute approximate surface area is 52.2 Å². The van der Waals surface area contributed by atoms with Crippen LogP contribution in [0.15, 0.2) is 24.2 Å². The molecule has 1 N–H and O–H groups in total. The fourth-order valence-electron chi connectivity index (χ4n) is 0.527. The Hall–Kier alpha value is -1.25. The normalized spacial score (nSPS) is 22.2. The van der Waals surface area contributed by atoms with Crippen molar-refractivity contribution in [3.8, 4) is 0 Å². The summed E-state index contributed by atoms with van der Waals surface area (Å²) in [5.74, 6) is -0.191. The van der Waals surface area contributed by atoms with E-state index in [9.17, 15) is 4.79 Å². The average molecular weight is 126 g/mol. The summed E-state index contributed by atoms with van der Waals surface area (Å²) in [5, 5.41) is 8.36. The van der Waals surface area contributed by atoms with Gasteiger partial charge in [-0.15, -0.1) is 0 Å². The zero-order valence-corrected chi connectivity index (χ0v) is 4.70. The zero-order valence-electron chi connectivity index (χ0n) is 4.70. The maximum atomic E-state index is 10.6. The topological polar surface area (TPSA) is 46.5 Å². The van der Waals surface area contributed by atoms with Crippen molar-refractivity contribution in [2.24, 2.45) is 0 Å². The molecule has 0 aromatic carbocycles. The molecule has 0 aromatic rings. The molecule has 0 fully saturated rings. The van der Waals surface area contributed by atoms with Crippen molar-refractivity contribution in [3.05, 3.63) is 24.2 Å². The molecule has 0 aliphatic carbocycles. The second-order valence-corrected chi connectivity index (χ2v) is 1.63. The predicted molar refractivity (Wildman–Crippen MR) is 30.8 cm³/mol. The van der Waals surface area contributed by atoms with E-state index in [-0.39, 0.29) is 18.0 Å². The number of allylic oxidation sites excluding steroid dienone is 1. The third-order valence-electron chi connectivity index (χ3n) is 1.03. The summed E-state index contributed by atoms with van der Waals surface area (Å²) in [6, 6.07) is 0. The van der Waals surface area contributed by atoms with Crippen LogP contribution in [0.5, 0.6) is 0 Å². The fraction of sp³-hybridized carbons (Fsp3) is 0.167. The van der Waals surface area contributed by atoms with Crippen LogP contribution in [0.2, 0.25) is 0 Å². The van der Waals surface area contributed by atoms with E-state index < -0.39 is 0 Å². The van der Waals surface area contributed by atoms with E-state index in [1.165, 1.54) is 12.3 Å². The average Bonchev–Trinajstić information content (AvgIpc) is 1.89. The smallest absolute Gasteiger partial charge is 0.191 e. The van der Waals surface area contributed by atoms with E-state index in [1.54, 1.807) is 0 Å². The van der Waals surface area contributed by atoms with Crippen molar-refractivity contribution >= 4 is 5.78 Å². The lowest BCUT2D eigenvalue weighted by Crippen LogP contribution is -2.09. The fourth-order valence-corrected chi connectivity index (χ4v) is 0.527. The van der Waals surface area contributed by atoms with Gasteiger partial charge in [0.15, 0.2) is 5.78 Å². The van der Waals surface area contributed by atoms with Gasteiger partial charge in [0.1, 0.15) is 6.61 Å². The number of carbonyl (C=O) groups excluding carboxylic acids is 1. The minimum Gasteiger partial charge on any atom is -0.515 e. The van der Waals surface area contributed by atoms with Gasteiger partial charge in [0.2, 0.25) is 0 Å². The molecule has 0 saturated carbocycles. The number of ether oxygens (including phenoxy) is 1. The summed E-state index contributed by atoms with van der Waals surface area (Å²) < 4.78 is 4.71. The Morgan fingerprint density at radius 1 is 1.78 bits per heavy atom. The number of hydrogen-bond acceptors (Lipinski definition) is 3. The number of hydrogen-bond donors (Lipinski definition) is 1. The van der Waals surface area contributed by atoms with Crippen LogP contribution in [-0.4, -0.2) is 17.5 Å². The van der Waals surface area contributed by atoms with E-state index in [0.717, 1.165) is 6.26 Å². The van der Waals surface area contributed by atoms with Gasteiger partial charge < -0.3 is 9.84 Å². The standard InChI is InChI=1S/C6H6O3/c7-3-5-4-9-2-1-6(5)8/h1-3,7H,4H2. The van der Waals surface area contributed by atoms with Crippen LogP contribution in [0.25, 0.3) is 0 Å². The van der Waals surface area contributed by atoms with Crippen molar-refractivity contribution in [3.63, 3.8) is 0 Å². The molecule has 3 heteroatoms. The molecule has 0 bridgehead atoms. The van der Waals surface area contributed by atoms with Crippen LogP contribution < -0.4 is 0 Å². The molecule has 0 aromatic heterocycles. The summed E-state index contributed by atoms with van der Waals surface area (Å²) in [6.07, 6.45) is 3.35. The highest BCUT2D eigenvalue weighted by Gasteiger charge is 2.09. The highest BCUT2D eigenvalue weighted by Crippen LogP contribution is 2.03. The minimum atomic E-state index is -0.191. The summed E-state index contributed by atoms with van der Waals surface area (Å²) >= 11 is 0. The largest absolute Gasteiger partial charge is 0.515 e. The van der Waals surface area contributed by atoms with Crippen LogP contribution in [-0.2, 0) is 9.53 Å². The van der Waals surface area contributed by atoms with Crippen LogP contribution in [0.3, 0.4) is 0 Å². The Morgan fingerprint density at radius 3 is 3.00 bits per heavy atom. The van der Waals surface area contributed by atoms with Gasteiger partial charge in [-0.1, -0.05) is 0 Å². The summed E-state index contributed by atoms with van der Waals surface area (Å²) in [6.45, 7) is 0.172. The van der Waals surface area contributed by atoms with E-state index >= 15 is 0 Å². The molecule has 0 spiro atoms. The van der Waals surface area contributed by atoms with Gasteiger partial charge in [0.05, 0.1) is 18.1 Å². The third-order valence-corrected chi connectivity index (χ3v) is 1.03. The summed E-state index contributed by atoms with van der Waals surface area (Å²) in [4.78, 5) is 10.6. The van der Waals surface area contributed by atoms with E-state index in [4.69, 9.17) is 9.84 Å². The third kappa shape index (κ3) is 1.10. The van der Waals surface area contributed by atoms with Crippen molar-refractivity contribution < 1.29 is 14.6 Å². The van der Waals surface area contributed by atoms with Crippen molar-refractivity contribution in [1.82, 2.24) is 0 Å². The first-order valence-electron chi connectivity index (χ1n) is 2.50. The first kappa shape index (κ1) is 5.88. The first-order valence-corrected chi connectivity index (χ1v) is 2.50. The Kier molecular flexibility index (Phi) is 1.53. The molecule has 0 atom stereocenters. The lowest BCUT2D eigenvalue weighted by atomic mass is 10.2.